The largest absolute Gasteiger partial charge is 0.496 e. The van der Waals surface area contributed by atoms with Crippen molar-refractivity contribution in [3.63, 3.8) is 0 Å². The molecule has 0 bridgehead atoms. The Morgan fingerprint density at radius 1 is 1.27 bits per heavy atom. The van der Waals surface area contributed by atoms with Crippen molar-refractivity contribution in [2.24, 2.45) is 4.99 Å². The van der Waals surface area contributed by atoms with E-state index in [1.165, 1.54) is 10.4 Å². The number of aryl methyl sites for hydroxylation is 2. The number of benzene rings is 1. The van der Waals surface area contributed by atoms with Crippen molar-refractivity contribution in [1.82, 2.24) is 15.6 Å². The van der Waals surface area contributed by atoms with E-state index in [1.807, 2.05) is 19.2 Å². The second kappa shape index (κ2) is 7.79. The van der Waals surface area contributed by atoms with Gasteiger partial charge in [-0.25, -0.2) is 4.98 Å². The van der Waals surface area contributed by atoms with Crippen LogP contribution < -0.4 is 15.4 Å². The van der Waals surface area contributed by atoms with E-state index < -0.39 is 0 Å². The van der Waals surface area contributed by atoms with Gasteiger partial charge in [0.1, 0.15) is 10.8 Å². The van der Waals surface area contributed by atoms with Crippen molar-refractivity contribution >= 4 is 17.3 Å². The molecule has 0 spiro atoms. The van der Waals surface area contributed by atoms with Gasteiger partial charge in [0.25, 0.3) is 0 Å². The average Bonchev–Trinajstić information content (AvgIpc) is 2.93. The molecule has 0 amide bonds. The van der Waals surface area contributed by atoms with Crippen LogP contribution in [0.25, 0.3) is 0 Å². The Balaban J connectivity index is 1.87. The first kappa shape index (κ1) is 16.3. The van der Waals surface area contributed by atoms with Gasteiger partial charge in [-0.3, -0.25) is 4.99 Å². The fourth-order valence-electron chi connectivity index (χ4n) is 2.10. The lowest BCUT2D eigenvalue weighted by molar-refractivity contribution is 0.411. The van der Waals surface area contributed by atoms with Gasteiger partial charge in [0.2, 0.25) is 0 Å². The number of hydrogen-bond donors (Lipinski definition) is 2. The average molecular weight is 318 g/mol. The van der Waals surface area contributed by atoms with E-state index in [4.69, 9.17) is 4.74 Å². The van der Waals surface area contributed by atoms with Crippen molar-refractivity contribution in [2.75, 3.05) is 14.2 Å². The van der Waals surface area contributed by atoms with Crippen LogP contribution >= 0.6 is 11.3 Å². The van der Waals surface area contributed by atoms with Gasteiger partial charge in [-0.1, -0.05) is 12.1 Å². The number of guanidine groups is 1. The van der Waals surface area contributed by atoms with Crippen LogP contribution in [-0.2, 0) is 13.1 Å². The highest BCUT2D eigenvalue weighted by Crippen LogP contribution is 2.18. The van der Waals surface area contributed by atoms with Gasteiger partial charge in [0.05, 0.1) is 13.7 Å². The van der Waals surface area contributed by atoms with E-state index in [1.54, 1.807) is 25.5 Å². The third-order valence-electron chi connectivity index (χ3n) is 3.22. The maximum Gasteiger partial charge on any atom is 0.191 e. The molecule has 0 saturated carbocycles. The summed E-state index contributed by atoms with van der Waals surface area (Å²) in [6, 6.07) is 6.15. The quantitative estimate of drug-likeness (QED) is 0.657. The topological polar surface area (TPSA) is 58.5 Å². The van der Waals surface area contributed by atoms with E-state index in [-0.39, 0.29) is 0 Å². The molecule has 0 aliphatic heterocycles. The van der Waals surface area contributed by atoms with Crippen molar-refractivity contribution in [3.05, 3.63) is 45.4 Å². The number of thiazole rings is 1. The molecule has 0 aliphatic carbocycles. The predicted octanol–water partition coefficient (Wildman–Crippen LogP) is 2.63. The summed E-state index contributed by atoms with van der Waals surface area (Å²) in [7, 11) is 3.45. The van der Waals surface area contributed by atoms with Crippen molar-refractivity contribution in [3.8, 4) is 5.75 Å². The molecule has 118 valence electrons. The summed E-state index contributed by atoms with van der Waals surface area (Å²) in [5, 5.41) is 7.63. The Morgan fingerprint density at radius 2 is 2.05 bits per heavy atom. The third-order valence-corrected chi connectivity index (χ3v) is 4.13. The first-order valence-electron chi connectivity index (χ1n) is 7.11. The molecule has 0 fully saturated rings. The normalized spacial score (nSPS) is 11.4. The fourth-order valence-corrected chi connectivity index (χ4v) is 2.83. The number of nitrogens with zero attached hydrogens (tertiary/aromatic N) is 2. The molecule has 5 nitrogen and oxygen atoms in total. The number of nitrogens with one attached hydrogen (secondary N) is 2. The molecule has 6 heteroatoms. The van der Waals surface area contributed by atoms with E-state index in [0.717, 1.165) is 22.3 Å². The van der Waals surface area contributed by atoms with E-state index >= 15 is 0 Å². The lowest BCUT2D eigenvalue weighted by Gasteiger charge is -2.12. The molecule has 0 radical (unpaired) electrons. The Labute approximate surface area is 135 Å². The van der Waals surface area contributed by atoms with E-state index in [9.17, 15) is 0 Å². The molecule has 1 aromatic heterocycles. The van der Waals surface area contributed by atoms with E-state index in [0.29, 0.717) is 13.1 Å². The molecule has 0 aliphatic rings. The van der Waals surface area contributed by atoms with Crippen LogP contribution in [0.1, 0.15) is 21.0 Å². The summed E-state index contributed by atoms with van der Waals surface area (Å²) < 4.78 is 5.27. The molecule has 1 heterocycles. The summed E-state index contributed by atoms with van der Waals surface area (Å²) in [5.74, 6) is 1.67. The molecule has 2 aromatic rings. The lowest BCUT2D eigenvalue weighted by atomic mass is 10.1. The first-order chi connectivity index (χ1) is 10.6. The van der Waals surface area contributed by atoms with Gasteiger partial charge in [-0.05, 0) is 31.0 Å². The minimum atomic E-state index is 0.680. The first-order valence-corrected chi connectivity index (χ1v) is 7.93. The molecule has 2 rings (SSSR count). The predicted molar refractivity (Wildman–Crippen MR) is 91.6 cm³/mol. The summed E-state index contributed by atoms with van der Waals surface area (Å²) in [6.45, 7) is 5.49. The van der Waals surface area contributed by atoms with Gasteiger partial charge in [-0.15, -0.1) is 11.3 Å². The minimum Gasteiger partial charge on any atom is -0.496 e. The molecular weight excluding hydrogens is 296 g/mol. The number of aliphatic imine (C=N–C) groups is 1. The smallest absolute Gasteiger partial charge is 0.191 e. The van der Waals surface area contributed by atoms with Gasteiger partial charge >= 0.3 is 0 Å². The maximum absolute atomic E-state index is 5.27. The van der Waals surface area contributed by atoms with Crippen LogP contribution in [0.15, 0.2) is 29.4 Å². The van der Waals surface area contributed by atoms with Crippen LogP contribution in [0.5, 0.6) is 5.75 Å². The second-order valence-corrected chi connectivity index (χ2v) is 6.27. The Hall–Kier alpha value is -2.08. The highest BCUT2D eigenvalue weighted by atomic mass is 32.1. The Bertz CT molecular complexity index is 651. The summed E-state index contributed by atoms with van der Waals surface area (Å²) in [5.41, 5.74) is 2.31. The summed E-state index contributed by atoms with van der Waals surface area (Å²) in [6.07, 6.45) is 1.89. The number of methoxy groups -OCH3 is 1. The lowest BCUT2D eigenvalue weighted by Crippen LogP contribution is -2.36. The zero-order valence-electron chi connectivity index (χ0n) is 13.4. The molecule has 22 heavy (non-hydrogen) atoms. The van der Waals surface area contributed by atoms with Crippen LogP contribution in [0.2, 0.25) is 0 Å². The molecule has 0 saturated heterocycles. The molecule has 0 unspecified atom stereocenters. The van der Waals surface area contributed by atoms with E-state index in [2.05, 4.69) is 39.7 Å². The van der Waals surface area contributed by atoms with Gasteiger partial charge in [0.15, 0.2) is 5.96 Å². The highest BCUT2D eigenvalue weighted by Gasteiger charge is 2.03. The van der Waals surface area contributed by atoms with Crippen LogP contribution in [0.4, 0.5) is 0 Å². The molecule has 1 aromatic carbocycles. The fraction of sp³-hybridized carbons (Fsp3) is 0.375. The molecular formula is C16H22N4OS. The Morgan fingerprint density at radius 3 is 2.64 bits per heavy atom. The number of ether oxygens (including phenoxy) is 1. The van der Waals surface area contributed by atoms with Crippen LogP contribution in [0.3, 0.4) is 0 Å². The van der Waals surface area contributed by atoms with Crippen molar-refractivity contribution in [1.29, 1.82) is 0 Å². The zero-order chi connectivity index (χ0) is 15.9. The van der Waals surface area contributed by atoms with Crippen LogP contribution in [-0.4, -0.2) is 25.1 Å². The summed E-state index contributed by atoms with van der Waals surface area (Å²) in [4.78, 5) is 9.77. The summed E-state index contributed by atoms with van der Waals surface area (Å²) >= 11 is 1.69. The monoisotopic (exact) mass is 318 g/mol. The zero-order valence-corrected chi connectivity index (χ0v) is 14.3. The number of aromatic nitrogens is 1. The maximum atomic E-state index is 5.27. The van der Waals surface area contributed by atoms with Gasteiger partial charge in [0, 0.05) is 24.7 Å². The SMILES string of the molecule is CN=C(NCc1ccc(OC)c(C)c1)NCc1ncc(C)s1. The number of rotatable bonds is 5. The number of hydrogen-bond acceptors (Lipinski definition) is 4. The minimum absolute atomic E-state index is 0.680. The highest BCUT2D eigenvalue weighted by molar-refractivity contribution is 7.11. The Kier molecular flexibility index (Phi) is 5.77. The van der Waals surface area contributed by atoms with Crippen molar-refractivity contribution in [2.45, 2.75) is 26.9 Å². The molecule has 2 N–H and O–H groups in total. The second-order valence-electron chi connectivity index (χ2n) is 4.95. The van der Waals surface area contributed by atoms with Gasteiger partial charge < -0.3 is 15.4 Å². The van der Waals surface area contributed by atoms with Crippen LogP contribution in [0, 0.1) is 13.8 Å². The van der Waals surface area contributed by atoms with Gasteiger partial charge in [-0.2, -0.15) is 0 Å². The third kappa shape index (κ3) is 4.46. The molecule has 0 atom stereocenters. The standard InChI is InChI=1S/C16H22N4OS/c1-11-7-13(5-6-14(11)21-4)9-19-16(17-3)20-10-15-18-8-12(2)22-15/h5-8H,9-10H2,1-4H3,(H2,17,19,20). The van der Waals surface area contributed by atoms with Crippen molar-refractivity contribution < 1.29 is 4.74 Å².